The van der Waals surface area contributed by atoms with E-state index in [0.717, 1.165) is 17.7 Å². The highest BCUT2D eigenvalue weighted by Gasteiger charge is 2.15. The molecule has 0 heterocycles. The average Bonchev–Trinajstić information content (AvgIpc) is 2.61. The maximum absolute atomic E-state index is 14.3. The van der Waals surface area contributed by atoms with Gasteiger partial charge in [-0.3, -0.25) is 0 Å². The van der Waals surface area contributed by atoms with Crippen molar-refractivity contribution < 1.29 is 23.4 Å². The molecule has 0 unspecified atom stereocenters. The van der Waals surface area contributed by atoms with Crippen LogP contribution in [-0.2, 0) is 6.61 Å². The maximum atomic E-state index is 14.3. The SMILES string of the molecule is O=C(O)c1ccc(-c2c(F)cc(OCc3ccccc3)cc2F)cc1. The molecule has 0 aliphatic carbocycles. The van der Waals surface area contributed by atoms with E-state index in [-0.39, 0.29) is 29.0 Å². The fraction of sp³-hybridized carbons (Fsp3) is 0.0500. The lowest BCUT2D eigenvalue weighted by Crippen LogP contribution is -1.99. The predicted octanol–water partition coefficient (Wildman–Crippen LogP) is 4.91. The van der Waals surface area contributed by atoms with E-state index in [4.69, 9.17) is 9.84 Å². The number of rotatable bonds is 5. The minimum absolute atomic E-state index is 0.0485. The molecule has 3 aromatic rings. The molecule has 0 aromatic heterocycles. The van der Waals surface area contributed by atoms with Gasteiger partial charge in [-0.05, 0) is 23.3 Å². The van der Waals surface area contributed by atoms with Crippen molar-refractivity contribution in [2.24, 2.45) is 0 Å². The number of carboxylic acid groups (broad SMARTS) is 1. The first kappa shape index (κ1) is 16.6. The monoisotopic (exact) mass is 340 g/mol. The molecule has 0 aliphatic rings. The van der Waals surface area contributed by atoms with Gasteiger partial charge in [-0.2, -0.15) is 0 Å². The molecule has 1 N–H and O–H groups in total. The van der Waals surface area contributed by atoms with E-state index >= 15 is 0 Å². The zero-order valence-corrected chi connectivity index (χ0v) is 13.1. The second-order valence-corrected chi connectivity index (χ2v) is 5.42. The molecule has 3 rings (SSSR count). The van der Waals surface area contributed by atoms with E-state index in [9.17, 15) is 13.6 Å². The Morgan fingerprint density at radius 3 is 2.08 bits per heavy atom. The van der Waals surface area contributed by atoms with Crippen LogP contribution in [0.5, 0.6) is 5.75 Å². The molecule has 126 valence electrons. The minimum Gasteiger partial charge on any atom is -0.489 e. The molecular formula is C20H14F2O3. The van der Waals surface area contributed by atoms with Crippen LogP contribution in [-0.4, -0.2) is 11.1 Å². The third-order valence-electron chi connectivity index (χ3n) is 3.68. The summed E-state index contributed by atoms with van der Waals surface area (Å²) in [5, 5.41) is 8.88. The zero-order valence-electron chi connectivity index (χ0n) is 13.1. The molecule has 5 heteroatoms. The summed E-state index contributed by atoms with van der Waals surface area (Å²) < 4.78 is 34.1. The van der Waals surface area contributed by atoms with Crippen molar-refractivity contribution in [3.63, 3.8) is 0 Å². The summed E-state index contributed by atoms with van der Waals surface area (Å²) in [6, 6.07) is 16.9. The molecule has 0 radical (unpaired) electrons. The number of hydrogen-bond acceptors (Lipinski definition) is 2. The van der Waals surface area contributed by atoms with E-state index in [2.05, 4.69) is 0 Å². The van der Waals surface area contributed by atoms with Gasteiger partial charge in [-0.25, -0.2) is 13.6 Å². The number of hydrogen-bond donors (Lipinski definition) is 1. The van der Waals surface area contributed by atoms with Gasteiger partial charge >= 0.3 is 5.97 Å². The van der Waals surface area contributed by atoms with Crippen LogP contribution in [0.25, 0.3) is 11.1 Å². The highest BCUT2D eigenvalue weighted by atomic mass is 19.1. The Hall–Kier alpha value is -3.21. The van der Waals surface area contributed by atoms with Crippen LogP contribution in [0, 0.1) is 11.6 Å². The summed E-state index contributed by atoms with van der Waals surface area (Å²) >= 11 is 0. The lowest BCUT2D eigenvalue weighted by molar-refractivity contribution is 0.0697. The van der Waals surface area contributed by atoms with Crippen LogP contribution in [0.15, 0.2) is 66.7 Å². The third kappa shape index (κ3) is 3.83. The van der Waals surface area contributed by atoms with Gasteiger partial charge in [0.05, 0.1) is 11.1 Å². The number of ether oxygens (including phenoxy) is 1. The van der Waals surface area contributed by atoms with E-state index < -0.39 is 17.6 Å². The van der Waals surface area contributed by atoms with Crippen LogP contribution in [0.3, 0.4) is 0 Å². The second-order valence-electron chi connectivity index (χ2n) is 5.42. The lowest BCUT2D eigenvalue weighted by atomic mass is 10.0. The van der Waals surface area contributed by atoms with Crippen molar-refractivity contribution in [3.8, 4) is 16.9 Å². The Labute approximate surface area is 143 Å². The quantitative estimate of drug-likeness (QED) is 0.718. The van der Waals surface area contributed by atoms with Crippen molar-refractivity contribution in [3.05, 3.63) is 89.5 Å². The Kier molecular flexibility index (Phi) is 4.75. The Morgan fingerprint density at radius 2 is 1.52 bits per heavy atom. The standard InChI is InChI=1S/C20H14F2O3/c21-17-10-16(25-12-13-4-2-1-3-5-13)11-18(22)19(17)14-6-8-15(9-7-14)20(23)24/h1-11H,12H2,(H,23,24). The zero-order chi connectivity index (χ0) is 17.8. The lowest BCUT2D eigenvalue weighted by Gasteiger charge is -2.10. The first-order valence-corrected chi connectivity index (χ1v) is 7.54. The van der Waals surface area contributed by atoms with Crippen LogP contribution in [0.1, 0.15) is 15.9 Å². The van der Waals surface area contributed by atoms with Gasteiger partial charge in [-0.15, -0.1) is 0 Å². The largest absolute Gasteiger partial charge is 0.489 e. The maximum Gasteiger partial charge on any atom is 0.335 e. The summed E-state index contributed by atoms with van der Waals surface area (Å²) in [6.07, 6.45) is 0. The van der Waals surface area contributed by atoms with Crippen LogP contribution in [0.4, 0.5) is 8.78 Å². The van der Waals surface area contributed by atoms with Crippen molar-refractivity contribution >= 4 is 5.97 Å². The molecule has 25 heavy (non-hydrogen) atoms. The van der Waals surface area contributed by atoms with Crippen molar-refractivity contribution in [2.75, 3.05) is 0 Å². The van der Waals surface area contributed by atoms with Crippen LogP contribution < -0.4 is 4.74 Å². The Morgan fingerprint density at radius 1 is 0.920 bits per heavy atom. The number of aromatic carboxylic acids is 1. The molecule has 0 saturated heterocycles. The number of carbonyl (C=O) groups is 1. The molecule has 0 spiro atoms. The van der Waals surface area contributed by atoms with Gasteiger partial charge in [0.1, 0.15) is 24.0 Å². The van der Waals surface area contributed by atoms with Gasteiger partial charge in [0, 0.05) is 12.1 Å². The molecular weight excluding hydrogens is 326 g/mol. The van der Waals surface area contributed by atoms with Crippen molar-refractivity contribution in [1.82, 2.24) is 0 Å². The first-order valence-electron chi connectivity index (χ1n) is 7.54. The molecule has 0 fully saturated rings. The molecule has 0 aliphatic heterocycles. The van der Waals surface area contributed by atoms with Crippen LogP contribution >= 0.6 is 0 Å². The molecule has 3 nitrogen and oxygen atoms in total. The van der Waals surface area contributed by atoms with Gasteiger partial charge in [-0.1, -0.05) is 42.5 Å². The average molecular weight is 340 g/mol. The highest BCUT2D eigenvalue weighted by molar-refractivity contribution is 5.88. The highest BCUT2D eigenvalue weighted by Crippen LogP contribution is 2.30. The summed E-state index contributed by atoms with van der Waals surface area (Å²) in [5.74, 6) is -2.56. The van der Waals surface area contributed by atoms with Crippen molar-refractivity contribution in [2.45, 2.75) is 6.61 Å². The van der Waals surface area contributed by atoms with Gasteiger partial charge < -0.3 is 9.84 Å². The predicted molar refractivity (Wildman–Crippen MR) is 89.5 cm³/mol. The fourth-order valence-corrected chi connectivity index (χ4v) is 2.43. The van der Waals surface area contributed by atoms with Gasteiger partial charge in [0.15, 0.2) is 0 Å². The summed E-state index contributed by atoms with van der Waals surface area (Å²) in [6.45, 7) is 0.201. The fourth-order valence-electron chi connectivity index (χ4n) is 2.43. The van der Waals surface area contributed by atoms with E-state index in [1.807, 2.05) is 30.3 Å². The molecule has 3 aromatic carbocycles. The minimum atomic E-state index is -1.10. The Balaban J connectivity index is 1.83. The molecule has 0 saturated carbocycles. The third-order valence-corrected chi connectivity index (χ3v) is 3.68. The van der Waals surface area contributed by atoms with Gasteiger partial charge in [0.2, 0.25) is 0 Å². The van der Waals surface area contributed by atoms with Crippen LogP contribution in [0.2, 0.25) is 0 Å². The van der Waals surface area contributed by atoms with Crippen molar-refractivity contribution in [1.29, 1.82) is 0 Å². The number of halogens is 2. The second kappa shape index (κ2) is 7.13. The van der Waals surface area contributed by atoms with E-state index in [1.54, 1.807) is 0 Å². The normalized spacial score (nSPS) is 10.5. The summed E-state index contributed by atoms with van der Waals surface area (Å²) in [5.41, 5.74) is 0.975. The van der Waals surface area contributed by atoms with E-state index in [1.165, 1.54) is 24.3 Å². The molecule has 0 amide bonds. The summed E-state index contributed by atoms with van der Waals surface area (Å²) in [4.78, 5) is 10.9. The Bertz CT molecular complexity index is 868. The first-order chi connectivity index (χ1) is 12.0. The summed E-state index contributed by atoms with van der Waals surface area (Å²) in [7, 11) is 0. The smallest absolute Gasteiger partial charge is 0.335 e. The molecule has 0 bridgehead atoms. The van der Waals surface area contributed by atoms with E-state index in [0.29, 0.717) is 0 Å². The van der Waals surface area contributed by atoms with Gasteiger partial charge in [0.25, 0.3) is 0 Å². The topological polar surface area (TPSA) is 46.5 Å². The molecule has 0 atom stereocenters. The number of benzene rings is 3. The number of carboxylic acids is 1.